The Bertz CT molecular complexity index is 480. The third-order valence-electron chi connectivity index (χ3n) is 4.37. The number of rotatable bonds is 6. The predicted molar refractivity (Wildman–Crippen MR) is 82.3 cm³/mol. The van der Waals surface area contributed by atoms with Gasteiger partial charge in [0.1, 0.15) is 10.8 Å². The molecular weight excluding hydrogens is 254 g/mol. The van der Waals surface area contributed by atoms with Crippen molar-refractivity contribution in [1.82, 2.24) is 4.98 Å². The lowest BCUT2D eigenvalue weighted by molar-refractivity contribution is 0.427. The van der Waals surface area contributed by atoms with Gasteiger partial charge >= 0.3 is 0 Å². The Hall–Kier alpha value is -1.16. The molecule has 2 aliphatic carbocycles. The fourth-order valence-corrected chi connectivity index (χ4v) is 3.24. The van der Waals surface area contributed by atoms with Gasteiger partial charge in [-0.3, -0.25) is 0 Å². The van der Waals surface area contributed by atoms with Crippen LogP contribution in [0.2, 0.25) is 0 Å². The maximum absolute atomic E-state index is 5.82. The molecule has 0 amide bonds. The minimum Gasteiger partial charge on any atom is -0.389 e. The summed E-state index contributed by atoms with van der Waals surface area (Å²) in [5.74, 6) is 3.57. The molecule has 2 fully saturated rings. The number of anilines is 1. The molecule has 1 heterocycles. The Morgan fingerprint density at radius 2 is 2.05 bits per heavy atom. The second-order valence-corrected chi connectivity index (χ2v) is 6.38. The van der Waals surface area contributed by atoms with E-state index in [4.69, 9.17) is 18.0 Å². The van der Waals surface area contributed by atoms with Crippen molar-refractivity contribution in [2.24, 2.45) is 23.5 Å². The van der Waals surface area contributed by atoms with Crippen LogP contribution in [-0.4, -0.2) is 16.5 Å². The molecule has 0 aliphatic heterocycles. The predicted octanol–water partition coefficient (Wildman–Crippen LogP) is 2.87. The molecule has 3 rings (SSSR count). The van der Waals surface area contributed by atoms with Crippen molar-refractivity contribution in [2.75, 3.05) is 11.9 Å². The van der Waals surface area contributed by atoms with Gasteiger partial charge in [-0.15, -0.1) is 0 Å². The smallest absolute Gasteiger partial charge is 0.136 e. The van der Waals surface area contributed by atoms with Gasteiger partial charge in [0, 0.05) is 12.7 Å². The summed E-state index contributed by atoms with van der Waals surface area (Å²) in [6.45, 7) is 3.04. The molecule has 1 aromatic heterocycles. The van der Waals surface area contributed by atoms with Gasteiger partial charge in [-0.2, -0.15) is 0 Å². The Labute approximate surface area is 120 Å². The minimum atomic E-state index is 0.433. The van der Waals surface area contributed by atoms with E-state index >= 15 is 0 Å². The number of nitrogens with two attached hydrogens (primary N) is 1. The zero-order chi connectivity index (χ0) is 13.4. The highest BCUT2D eigenvalue weighted by Gasteiger charge is 2.41. The molecule has 4 heteroatoms. The monoisotopic (exact) mass is 275 g/mol. The van der Waals surface area contributed by atoms with Crippen molar-refractivity contribution in [1.29, 1.82) is 0 Å². The zero-order valence-corrected chi connectivity index (χ0v) is 12.2. The van der Waals surface area contributed by atoms with E-state index in [0.717, 1.165) is 41.2 Å². The molecule has 0 spiro atoms. The highest BCUT2D eigenvalue weighted by atomic mass is 32.1. The first-order valence-corrected chi connectivity index (χ1v) is 7.57. The van der Waals surface area contributed by atoms with Crippen molar-refractivity contribution in [2.45, 2.75) is 32.6 Å². The van der Waals surface area contributed by atoms with Crippen molar-refractivity contribution in [3.05, 3.63) is 23.4 Å². The van der Waals surface area contributed by atoms with E-state index in [1.807, 2.05) is 19.2 Å². The number of aromatic nitrogens is 1. The number of pyridine rings is 1. The highest BCUT2D eigenvalue weighted by molar-refractivity contribution is 7.80. The van der Waals surface area contributed by atoms with Crippen LogP contribution in [0.4, 0.5) is 5.82 Å². The first kappa shape index (κ1) is 12.9. The van der Waals surface area contributed by atoms with Crippen LogP contribution < -0.4 is 11.1 Å². The van der Waals surface area contributed by atoms with Crippen LogP contribution in [-0.2, 0) is 0 Å². The first-order valence-electron chi connectivity index (χ1n) is 7.16. The van der Waals surface area contributed by atoms with Crippen molar-refractivity contribution >= 4 is 23.0 Å². The summed E-state index contributed by atoms with van der Waals surface area (Å²) in [4.78, 5) is 4.85. The normalized spacial score (nSPS) is 18.6. The Morgan fingerprint density at radius 1 is 1.42 bits per heavy atom. The molecular formula is C15H21N3S. The van der Waals surface area contributed by atoms with Gasteiger partial charge in [-0.25, -0.2) is 4.98 Å². The second kappa shape index (κ2) is 5.08. The van der Waals surface area contributed by atoms with E-state index in [1.54, 1.807) is 0 Å². The number of aryl methyl sites for hydroxylation is 1. The fourth-order valence-electron chi connectivity index (χ4n) is 2.98. The van der Waals surface area contributed by atoms with Crippen molar-refractivity contribution in [3.8, 4) is 0 Å². The van der Waals surface area contributed by atoms with E-state index < -0.39 is 0 Å². The van der Waals surface area contributed by atoms with Gasteiger partial charge in [-0.1, -0.05) is 12.2 Å². The molecule has 2 aliphatic rings. The van der Waals surface area contributed by atoms with Crippen LogP contribution in [0, 0.1) is 24.7 Å². The fraction of sp³-hybridized carbons (Fsp3) is 0.600. The van der Waals surface area contributed by atoms with E-state index in [9.17, 15) is 0 Å². The van der Waals surface area contributed by atoms with Gasteiger partial charge in [0.05, 0.1) is 5.56 Å². The lowest BCUT2D eigenvalue weighted by atomic mass is 9.98. The largest absolute Gasteiger partial charge is 0.389 e. The molecule has 1 aromatic rings. The summed E-state index contributed by atoms with van der Waals surface area (Å²) in [5, 5.41) is 3.50. The molecule has 0 atom stereocenters. The van der Waals surface area contributed by atoms with Gasteiger partial charge in [-0.05, 0) is 62.0 Å². The van der Waals surface area contributed by atoms with Gasteiger partial charge in [0.15, 0.2) is 0 Å². The van der Waals surface area contributed by atoms with Crippen LogP contribution >= 0.6 is 12.2 Å². The zero-order valence-electron chi connectivity index (χ0n) is 11.4. The van der Waals surface area contributed by atoms with Crippen LogP contribution in [0.1, 0.15) is 36.8 Å². The molecule has 2 saturated carbocycles. The molecule has 102 valence electrons. The Balaban J connectivity index is 1.72. The number of hydrogen-bond donors (Lipinski definition) is 2. The second-order valence-electron chi connectivity index (χ2n) is 5.94. The van der Waals surface area contributed by atoms with Gasteiger partial charge in [0.2, 0.25) is 0 Å². The van der Waals surface area contributed by atoms with Crippen LogP contribution in [0.3, 0.4) is 0 Å². The van der Waals surface area contributed by atoms with Crippen LogP contribution in [0.15, 0.2) is 12.3 Å². The topological polar surface area (TPSA) is 50.9 Å². The van der Waals surface area contributed by atoms with Gasteiger partial charge < -0.3 is 11.1 Å². The summed E-state index contributed by atoms with van der Waals surface area (Å²) < 4.78 is 0. The van der Waals surface area contributed by atoms with Crippen molar-refractivity contribution < 1.29 is 0 Å². The lowest BCUT2D eigenvalue weighted by Crippen LogP contribution is -2.22. The third kappa shape index (κ3) is 2.89. The molecule has 0 unspecified atom stereocenters. The van der Waals surface area contributed by atoms with Crippen LogP contribution in [0.5, 0.6) is 0 Å². The highest BCUT2D eigenvalue weighted by Crippen LogP contribution is 2.49. The average molecular weight is 275 g/mol. The van der Waals surface area contributed by atoms with Crippen LogP contribution in [0.25, 0.3) is 0 Å². The van der Waals surface area contributed by atoms with E-state index in [0.29, 0.717) is 4.99 Å². The summed E-state index contributed by atoms with van der Waals surface area (Å²) in [6.07, 6.45) is 7.46. The summed E-state index contributed by atoms with van der Waals surface area (Å²) >= 11 is 5.14. The molecule has 3 N–H and O–H groups in total. The standard InChI is InChI=1S/C15H21N3S/c1-9-6-7-17-15(13(9)14(16)19)18-8-12(10-2-3-10)11-4-5-11/h6-7,10-12H,2-5,8H2,1H3,(H2,16,19)(H,17,18). The maximum atomic E-state index is 5.82. The van der Waals surface area contributed by atoms with Gasteiger partial charge in [0.25, 0.3) is 0 Å². The summed E-state index contributed by atoms with van der Waals surface area (Å²) in [6, 6.07) is 1.96. The number of nitrogens with one attached hydrogen (secondary N) is 1. The number of thiocarbonyl (C=S) groups is 1. The summed E-state index contributed by atoms with van der Waals surface area (Å²) in [5.41, 5.74) is 7.82. The molecule has 3 nitrogen and oxygen atoms in total. The molecule has 19 heavy (non-hydrogen) atoms. The van der Waals surface area contributed by atoms with E-state index in [2.05, 4.69) is 10.3 Å². The SMILES string of the molecule is Cc1ccnc(NCC(C2CC2)C2CC2)c1C(N)=S. The number of nitrogens with zero attached hydrogens (tertiary/aromatic N) is 1. The average Bonchev–Trinajstić information content (AvgIpc) is 3.23. The molecule has 0 bridgehead atoms. The number of hydrogen-bond acceptors (Lipinski definition) is 3. The first-order chi connectivity index (χ1) is 9.16. The Morgan fingerprint density at radius 3 is 2.58 bits per heavy atom. The summed E-state index contributed by atoms with van der Waals surface area (Å²) in [7, 11) is 0. The minimum absolute atomic E-state index is 0.433. The third-order valence-corrected chi connectivity index (χ3v) is 4.57. The molecule has 0 saturated heterocycles. The quantitative estimate of drug-likeness (QED) is 0.784. The maximum Gasteiger partial charge on any atom is 0.136 e. The van der Waals surface area contributed by atoms with E-state index in [1.165, 1.54) is 25.7 Å². The van der Waals surface area contributed by atoms with E-state index in [-0.39, 0.29) is 0 Å². The Kier molecular flexibility index (Phi) is 3.44. The van der Waals surface area contributed by atoms with Crippen molar-refractivity contribution in [3.63, 3.8) is 0 Å². The molecule has 0 aromatic carbocycles. The lowest BCUT2D eigenvalue weighted by Gasteiger charge is -2.18. The molecule has 0 radical (unpaired) electrons.